The van der Waals surface area contributed by atoms with E-state index in [2.05, 4.69) is 159 Å². The van der Waals surface area contributed by atoms with Crippen LogP contribution in [0.15, 0.2) is 206 Å². The van der Waals surface area contributed by atoms with E-state index >= 15 is 0 Å². The molecule has 0 aliphatic heterocycles. The first-order valence-electron chi connectivity index (χ1n) is 20.1. The third kappa shape index (κ3) is 10.1. The third-order valence-corrected chi connectivity index (χ3v) is 24.9. The molecule has 300 valence electrons. The first-order chi connectivity index (χ1) is 28.7. The van der Waals surface area contributed by atoms with Gasteiger partial charge in [0, 0.05) is 11.1 Å². The zero-order chi connectivity index (χ0) is 41.6. The van der Waals surface area contributed by atoms with E-state index in [0.717, 1.165) is 31.1 Å². The maximum atomic E-state index is 12.6. The van der Waals surface area contributed by atoms with Crippen molar-refractivity contribution in [1.82, 2.24) is 0 Å². The smallest absolute Gasteiger partial charge is 0.387 e. The highest BCUT2D eigenvalue weighted by Gasteiger charge is 2.57. The average molecular weight is 833 g/mol. The molecule has 0 aliphatic carbocycles. The molecule has 6 aromatic rings. The standard InChI is InChI=1S/C50H52O6Si3/c1-41(2)49(51)53-37-23-39-57(43-25-11-5-12-26-43,44-27-13-6-14-28-44)55-59(47-33-19-9-20-34-47,48-35-21-10-22-36-48)56-58(45-29-15-7-16-30-45,46-31-17-8-18-32-46)40-24-38-54-50(52)42(3)4/h5-22,25-36H,1,3,23-24,37-40H2,2,4H3. The predicted octanol–water partition coefficient (Wildman–Crippen LogP) is 6.81. The van der Waals surface area contributed by atoms with Crippen molar-refractivity contribution in [2.45, 2.75) is 38.8 Å². The fourth-order valence-electron chi connectivity index (χ4n) is 7.53. The zero-order valence-corrected chi connectivity index (χ0v) is 36.9. The van der Waals surface area contributed by atoms with Crippen molar-refractivity contribution >= 4 is 68.3 Å². The molecule has 0 aromatic heterocycles. The summed E-state index contributed by atoms with van der Waals surface area (Å²) in [6, 6.07) is 64.1. The van der Waals surface area contributed by atoms with E-state index in [0.29, 0.717) is 36.1 Å². The quantitative estimate of drug-likeness (QED) is 0.0365. The van der Waals surface area contributed by atoms with Crippen molar-refractivity contribution in [3.8, 4) is 0 Å². The van der Waals surface area contributed by atoms with E-state index in [-0.39, 0.29) is 13.2 Å². The molecule has 0 unspecified atom stereocenters. The fourth-order valence-corrected chi connectivity index (χ4v) is 24.2. The normalized spacial score (nSPS) is 11.7. The van der Waals surface area contributed by atoms with Gasteiger partial charge in [-0.15, -0.1) is 0 Å². The fraction of sp³-hybridized carbons (Fsp3) is 0.160. The highest BCUT2D eigenvalue weighted by Crippen LogP contribution is 2.28. The number of rotatable bonds is 20. The SMILES string of the molecule is C=C(C)C(=O)OCCC[Si](O[Si](O[Si](CCCOC(=O)C(=C)C)(c1ccccc1)c1ccccc1)(c1ccccc1)c1ccccc1)(c1ccccc1)c1ccccc1. The van der Waals surface area contributed by atoms with Gasteiger partial charge >= 0.3 is 20.5 Å². The summed E-state index contributed by atoms with van der Waals surface area (Å²) in [4.78, 5) is 25.3. The summed E-state index contributed by atoms with van der Waals surface area (Å²) in [6.07, 6.45) is 1.11. The lowest BCUT2D eigenvalue weighted by molar-refractivity contribution is -0.139. The van der Waals surface area contributed by atoms with Crippen LogP contribution in [-0.2, 0) is 27.3 Å². The molecule has 0 fully saturated rings. The Morgan fingerprint density at radius 1 is 0.407 bits per heavy atom. The summed E-state index contributed by atoms with van der Waals surface area (Å²) < 4.78 is 28.3. The minimum atomic E-state index is -3.87. The van der Waals surface area contributed by atoms with Crippen molar-refractivity contribution in [1.29, 1.82) is 0 Å². The summed E-state index contributed by atoms with van der Waals surface area (Å²) in [5.41, 5.74) is 0.725. The lowest BCUT2D eigenvalue weighted by atomic mass is 10.4. The molecule has 0 heterocycles. The molecule has 0 saturated carbocycles. The molecule has 6 aromatic carbocycles. The van der Waals surface area contributed by atoms with Gasteiger partial charge in [-0.05, 0) is 69.9 Å². The Morgan fingerprint density at radius 3 is 0.881 bits per heavy atom. The van der Waals surface area contributed by atoms with Gasteiger partial charge in [-0.3, -0.25) is 0 Å². The van der Waals surface area contributed by atoms with Crippen LogP contribution < -0.4 is 31.1 Å². The largest absolute Gasteiger partial charge is 0.462 e. The highest BCUT2D eigenvalue weighted by atomic mass is 28.5. The first kappa shape index (κ1) is 42.9. The number of carbonyl (C=O) groups excluding carboxylic acids is 2. The number of ether oxygens (including phenoxy) is 2. The summed E-state index contributed by atoms with van der Waals surface area (Å²) in [6.45, 7) is 11.3. The molecular weight excluding hydrogens is 781 g/mol. The van der Waals surface area contributed by atoms with Gasteiger partial charge in [-0.2, -0.15) is 0 Å². The van der Waals surface area contributed by atoms with Crippen molar-refractivity contribution < 1.29 is 27.3 Å². The Labute approximate surface area is 352 Å². The van der Waals surface area contributed by atoms with Crippen molar-refractivity contribution in [3.63, 3.8) is 0 Å². The molecule has 0 aliphatic rings. The first-order valence-corrected chi connectivity index (χ1v) is 26.1. The van der Waals surface area contributed by atoms with Gasteiger partial charge in [0.05, 0.1) is 13.2 Å². The number of benzene rings is 6. The number of hydrogen-bond donors (Lipinski definition) is 0. The number of esters is 2. The van der Waals surface area contributed by atoms with E-state index in [1.807, 2.05) is 36.4 Å². The third-order valence-electron chi connectivity index (χ3n) is 10.4. The van der Waals surface area contributed by atoms with Gasteiger partial charge < -0.3 is 17.7 Å². The minimum Gasteiger partial charge on any atom is -0.462 e. The van der Waals surface area contributed by atoms with Crippen LogP contribution in [0.2, 0.25) is 12.1 Å². The van der Waals surface area contributed by atoms with Crippen molar-refractivity contribution in [2.24, 2.45) is 0 Å². The van der Waals surface area contributed by atoms with Gasteiger partial charge in [-0.1, -0.05) is 195 Å². The van der Waals surface area contributed by atoms with Crippen molar-refractivity contribution in [3.05, 3.63) is 206 Å². The van der Waals surface area contributed by atoms with E-state index in [1.165, 1.54) is 0 Å². The van der Waals surface area contributed by atoms with Gasteiger partial charge in [0.1, 0.15) is 0 Å². The van der Waals surface area contributed by atoms with Gasteiger partial charge in [0.15, 0.2) is 0 Å². The second-order valence-electron chi connectivity index (χ2n) is 14.7. The number of carbonyl (C=O) groups is 2. The van der Waals surface area contributed by atoms with Crippen LogP contribution in [0.5, 0.6) is 0 Å². The van der Waals surface area contributed by atoms with E-state index in [9.17, 15) is 9.59 Å². The van der Waals surface area contributed by atoms with Crippen LogP contribution in [0.25, 0.3) is 0 Å². The molecular formula is C50H52O6Si3. The van der Waals surface area contributed by atoms with Gasteiger partial charge in [0.25, 0.3) is 0 Å². The molecule has 9 heteroatoms. The topological polar surface area (TPSA) is 71.1 Å². The van der Waals surface area contributed by atoms with E-state index < -0.39 is 37.1 Å². The summed E-state index contributed by atoms with van der Waals surface area (Å²) in [5.74, 6) is -0.817. The summed E-state index contributed by atoms with van der Waals surface area (Å²) in [7, 11) is -10.6. The monoisotopic (exact) mass is 832 g/mol. The van der Waals surface area contributed by atoms with Crippen molar-refractivity contribution in [2.75, 3.05) is 13.2 Å². The lowest BCUT2D eigenvalue weighted by Crippen LogP contribution is -2.79. The Balaban J connectivity index is 1.64. The van der Waals surface area contributed by atoms with Gasteiger partial charge in [-0.25, -0.2) is 9.59 Å². The van der Waals surface area contributed by atoms with Crippen LogP contribution in [0.4, 0.5) is 0 Å². The molecule has 6 rings (SSSR count). The van der Waals surface area contributed by atoms with E-state index in [4.69, 9.17) is 17.7 Å². The second kappa shape index (κ2) is 20.3. The average Bonchev–Trinajstić information content (AvgIpc) is 3.29. The Morgan fingerprint density at radius 2 is 0.644 bits per heavy atom. The highest BCUT2D eigenvalue weighted by molar-refractivity contribution is 7.12. The lowest BCUT2D eigenvalue weighted by Gasteiger charge is -2.47. The van der Waals surface area contributed by atoms with Crippen LogP contribution >= 0.6 is 0 Å². The molecule has 0 radical (unpaired) electrons. The molecule has 0 atom stereocenters. The maximum absolute atomic E-state index is 12.6. The zero-order valence-electron chi connectivity index (χ0n) is 33.9. The van der Waals surface area contributed by atoms with Crippen LogP contribution in [0.1, 0.15) is 26.7 Å². The Bertz CT molecular complexity index is 2030. The predicted molar refractivity (Wildman–Crippen MR) is 246 cm³/mol. The molecule has 6 nitrogen and oxygen atoms in total. The molecule has 0 amide bonds. The molecule has 59 heavy (non-hydrogen) atoms. The molecule has 0 bridgehead atoms. The molecule has 0 spiro atoms. The van der Waals surface area contributed by atoms with E-state index in [1.54, 1.807) is 13.8 Å². The number of hydrogen-bond acceptors (Lipinski definition) is 6. The van der Waals surface area contributed by atoms with Crippen LogP contribution in [-0.4, -0.2) is 50.3 Å². The van der Waals surface area contributed by atoms with Crippen LogP contribution in [0.3, 0.4) is 0 Å². The minimum absolute atomic E-state index is 0.213. The maximum Gasteiger partial charge on any atom is 0.387 e. The Hall–Kier alpha value is -5.69. The van der Waals surface area contributed by atoms with Crippen LogP contribution in [0, 0.1) is 0 Å². The Kier molecular flexibility index (Phi) is 14.8. The molecule has 0 N–H and O–H groups in total. The summed E-state index contributed by atoms with van der Waals surface area (Å²) in [5, 5.41) is 6.29. The second-order valence-corrected chi connectivity index (χ2v) is 25.3. The van der Waals surface area contributed by atoms with Gasteiger partial charge in [0.2, 0.25) is 16.6 Å². The summed E-state index contributed by atoms with van der Waals surface area (Å²) >= 11 is 0. The molecule has 0 saturated heterocycles.